The minimum absolute atomic E-state index is 0.0211. The quantitative estimate of drug-likeness (QED) is 0.186. The molecular weight excluding hydrogens is 608 g/mol. The third kappa shape index (κ3) is 4.48. The number of hydrogen-bond acceptors (Lipinski definition) is 14. The second-order valence-corrected chi connectivity index (χ2v) is 11.5. The van der Waals surface area contributed by atoms with E-state index in [2.05, 4.69) is 0 Å². The summed E-state index contributed by atoms with van der Waals surface area (Å²) < 4.78 is 11.2. The van der Waals surface area contributed by atoms with E-state index in [0.717, 1.165) is 6.07 Å². The normalized spacial score (nSPS) is 20.8. The highest BCUT2D eigenvalue weighted by Crippen LogP contribution is 2.53. The molecule has 2 aliphatic heterocycles. The van der Waals surface area contributed by atoms with E-state index in [0.29, 0.717) is 6.07 Å². The van der Waals surface area contributed by atoms with E-state index in [9.17, 15) is 59.4 Å². The third-order valence-corrected chi connectivity index (χ3v) is 8.71. The minimum atomic E-state index is -1.45. The summed E-state index contributed by atoms with van der Waals surface area (Å²) in [7, 11) is 0. The average Bonchev–Trinajstić information content (AvgIpc) is 2.95. The van der Waals surface area contributed by atoms with Crippen LogP contribution in [0.3, 0.4) is 0 Å². The molecule has 14 nitrogen and oxygen atoms in total. The molecule has 14 heteroatoms. The van der Waals surface area contributed by atoms with Crippen LogP contribution in [0.2, 0.25) is 0 Å². The molecule has 6 rings (SSSR count). The van der Waals surface area contributed by atoms with Gasteiger partial charge in [0.15, 0.2) is 21.7 Å². The zero-order valence-corrected chi connectivity index (χ0v) is 24.2. The molecule has 2 aromatic rings. The van der Waals surface area contributed by atoms with Crippen molar-refractivity contribution in [2.24, 2.45) is 0 Å². The first-order valence-electron chi connectivity index (χ1n) is 14.2. The highest BCUT2D eigenvalue weighted by atomic mass is 16.5. The van der Waals surface area contributed by atoms with Gasteiger partial charge in [0.25, 0.3) is 0 Å². The highest BCUT2D eigenvalue weighted by Gasteiger charge is 2.35. The number of ether oxygens (including phenoxy) is 2. The number of carbonyl (C=O) groups is 2. The molecule has 2 aromatic carbocycles. The summed E-state index contributed by atoms with van der Waals surface area (Å²) in [4.78, 5) is 76.5. The van der Waals surface area contributed by atoms with Crippen molar-refractivity contribution in [3.05, 3.63) is 85.7 Å². The standard InChI is InChI=1S/C32H26O14/c1-9-21-15(3-11(45-9)5-19(35)36)29(41)23-17(33)7-13(27(39)25(23)31(21)43)14-8-18(34)24-26(28(14)40)32(44)22-10(2)46-12(6-20(37)38)4-16(22)30(24)42/h7-12,33,39,41,43H,3-6H2,1-2H3,(H,35,36)(H,37,38)/p-2/t9-,10-,11+,12+/m1/s1. The van der Waals surface area contributed by atoms with Crippen LogP contribution >= 0.6 is 0 Å². The molecule has 0 saturated heterocycles. The molecule has 0 radical (unpaired) electrons. The highest BCUT2D eigenvalue weighted by molar-refractivity contribution is 6.07. The Kier molecular flexibility index (Phi) is 7.09. The zero-order valence-electron chi connectivity index (χ0n) is 24.2. The third-order valence-electron chi connectivity index (χ3n) is 8.71. The number of phenols is 4. The van der Waals surface area contributed by atoms with Gasteiger partial charge in [-0.15, -0.1) is 0 Å². The monoisotopic (exact) mass is 632 g/mol. The maximum atomic E-state index is 13.8. The molecule has 2 aliphatic carbocycles. The number of rotatable bonds is 5. The van der Waals surface area contributed by atoms with Crippen LogP contribution in [0.4, 0.5) is 0 Å². The van der Waals surface area contributed by atoms with Gasteiger partial charge in [0, 0.05) is 71.0 Å². The predicted octanol–water partition coefficient (Wildman–Crippen LogP) is -1.35. The summed E-state index contributed by atoms with van der Waals surface area (Å²) in [5, 5.41) is 64.5. The van der Waals surface area contributed by atoms with Crippen LogP contribution in [0.1, 0.15) is 61.2 Å². The number of hydrogen-bond donors (Lipinski definition) is 4. The minimum Gasteiger partial charge on any atom is -0.550 e. The van der Waals surface area contributed by atoms with E-state index in [1.54, 1.807) is 0 Å². The molecule has 4 aliphatic rings. The van der Waals surface area contributed by atoms with Crippen LogP contribution in [0.5, 0.6) is 23.0 Å². The van der Waals surface area contributed by atoms with Gasteiger partial charge in [0.05, 0.1) is 45.6 Å². The molecule has 0 bridgehead atoms. The van der Waals surface area contributed by atoms with Crippen LogP contribution in [-0.2, 0) is 31.9 Å². The van der Waals surface area contributed by atoms with Gasteiger partial charge in [-0.3, -0.25) is 19.2 Å². The Hall–Kier alpha value is -5.34. The van der Waals surface area contributed by atoms with Gasteiger partial charge in [0.1, 0.15) is 23.0 Å². The lowest BCUT2D eigenvalue weighted by atomic mass is 9.86. The molecule has 0 fully saturated rings. The van der Waals surface area contributed by atoms with Gasteiger partial charge in [-0.05, 0) is 26.0 Å². The molecule has 238 valence electrons. The van der Waals surface area contributed by atoms with Crippen LogP contribution < -0.4 is 31.9 Å². The summed E-state index contributed by atoms with van der Waals surface area (Å²) in [6, 6.07) is 1.54. The lowest BCUT2D eigenvalue weighted by molar-refractivity contribution is -0.309. The van der Waals surface area contributed by atoms with Crippen molar-refractivity contribution in [1.82, 2.24) is 0 Å². The van der Waals surface area contributed by atoms with E-state index in [1.165, 1.54) is 13.8 Å². The molecule has 46 heavy (non-hydrogen) atoms. The van der Waals surface area contributed by atoms with E-state index in [1.807, 2.05) is 0 Å². The van der Waals surface area contributed by atoms with Crippen molar-refractivity contribution in [3.8, 4) is 34.1 Å². The summed E-state index contributed by atoms with van der Waals surface area (Å²) in [6.07, 6.45) is -5.67. The van der Waals surface area contributed by atoms with Crippen molar-refractivity contribution in [3.63, 3.8) is 0 Å². The second-order valence-electron chi connectivity index (χ2n) is 11.5. The number of phenolic OH excluding ortho intramolecular Hbond substituents is 4. The van der Waals surface area contributed by atoms with Gasteiger partial charge in [-0.1, -0.05) is 0 Å². The van der Waals surface area contributed by atoms with Gasteiger partial charge < -0.3 is 49.7 Å². The number of fused-ring (bicyclic) bond motifs is 3. The Labute approximate surface area is 256 Å². The van der Waals surface area contributed by atoms with Crippen LogP contribution in [0.15, 0.2) is 31.3 Å². The topological polar surface area (TPSA) is 248 Å². The zero-order chi connectivity index (χ0) is 33.5. The maximum absolute atomic E-state index is 13.8. The maximum Gasteiger partial charge on any atom is 0.198 e. The molecule has 0 amide bonds. The van der Waals surface area contributed by atoms with Crippen molar-refractivity contribution in [2.75, 3.05) is 0 Å². The van der Waals surface area contributed by atoms with Gasteiger partial charge in [-0.25, -0.2) is 0 Å². The summed E-state index contributed by atoms with van der Waals surface area (Å²) in [5.41, 5.74) is -5.60. The fourth-order valence-electron chi connectivity index (χ4n) is 6.87. The van der Waals surface area contributed by atoms with Gasteiger partial charge in [-0.2, -0.15) is 0 Å². The Bertz CT molecular complexity index is 2300. The lowest BCUT2D eigenvalue weighted by Crippen LogP contribution is -2.41. The summed E-state index contributed by atoms with van der Waals surface area (Å²) in [6.45, 7) is 2.84. The van der Waals surface area contributed by atoms with Crippen LogP contribution in [0, 0.1) is 10.4 Å². The van der Waals surface area contributed by atoms with Crippen LogP contribution in [-0.4, -0.2) is 44.6 Å². The molecule has 0 unspecified atom stereocenters. The molecule has 2 heterocycles. The number of benzene rings is 2. The van der Waals surface area contributed by atoms with Gasteiger partial charge in [0.2, 0.25) is 0 Å². The molecule has 0 aromatic heterocycles. The fraction of sp³-hybridized carbons (Fsp3) is 0.312. The number of carbonyl (C=O) groups excluding carboxylic acids is 2. The molecular formula is C32H24O14-2. The first kappa shape index (κ1) is 30.7. The Morgan fingerprint density at radius 1 is 0.696 bits per heavy atom. The number of carboxylic acid groups (broad SMARTS) is 2. The molecule has 4 atom stereocenters. The molecule has 0 saturated carbocycles. The van der Waals surface area contributed by atoms with Gasteiger partial charge >= 0.3 is 0 Å². The second kappa shape index (κ2) is 10.6. The van der Waals surface area contributed by atoms with E-state index >= 15 is 0 Å². The van der Waals surface area contributed by atoms with Crippen molar-refractivity contribution in [2.45, 2.75) is 63.9 Å². The van der Waals surface area contributed by atoms with E-state index in [-0.39, 0.29) is 35.1 Å². The van der Waals surface area contributed by atoms with Crippen LogP contribution in [0.25, 0.3) is 21.9 Å². The Morgan fingerprint density at radius 3 is 1.85 bits per heavy atom. The van der Waals surface area contributed by atoms with E-state index < -0.39 is 126 Å². The number of aromatic hydroxyl groups is 4. The fourth-order valence-corrected chi connectivity index (χ4v) is 6.87. The first-order chi connectivity index (χ1) is 21.6. The largest absolute Gasteiger partial charge is 0.550 e. The Morgan fingerprint density at radius 2 is 1.26 bits per heavy atom. The average molecular weight is 633 g/mol. The predicted molar refractivity (Wildman–Crippen MR) is 152 cm³/mol. The smallest absolute Gasteiger partial charge is 0.198 e. The first-order valence-corrected chi connectivity index (χ1v) is 14.2. The summed E-state index contributed by atoms with van der Waals surface area (Å²) >= 11 is 0. The SMILES string of the molecule is C[C@H]1O[C@H](CC(=O)[O-])Cc2c1c(O)c1c(O)c(-c3cc(=O)c4c(=O)c5c(c(=O)c=4c3=O)[C@@H](C)O[C@H](CC(=O)[O-])C5)cc(O)c1c2O. The number of carboxylic acids is 2. The van der Waals surface area contributed by atoms with Crippen molar-refractivity contribution < 1.29 is 49.7 Å². The lowest BCUT2D eigenvalue weighted by Gasteiger charge is -2.32. The molecule has 0 spiro atoms. The molecule has 4 N–H and O–H groups in total. The van der Waals surface area contributed by atoms with Crippen molar-refractivity contribution >= 4 is 22.7 Å². The van der Waals surface area contributed by atoms with E-state index in [4.69, 9.17) is 9.47 Å². The van der Waals surface area contributed by atoms with Crippen molar-refractivity contribution in [1.29, 1.82) is 0 Å². The summed E-state index contributed by atoms with van der Waals surface area (Å²) in [5.74, 6) is -5.74. The number of aliphatic carboxylic acids is 2. The Balaban J connectivity index is 1.62.